The normalized spacial score (nSPS) is 20.6. The number of ether oxygens (including phenoxy) is 1. The molecule has 148 valence electrons. The molecule has 2 fully saturated rings. The highest BCUT2D eigenvalue weighted by Crippen LogP contribution is 2.17. The molecular formula is C18H25N3O5S. The molecule has 2 aliphatic rings. The van der Waals surface area contributed by atoms with Gasteiger partial charge < -0.3 is 9.64 Å². The highest BCUT2D eigenvalue weighted by molar-refractivity contribution is 7.88. The smallest absolute Gasteiger partial charge is 0.410 e. The van der Waals surface area contributed by atoms with Gasteiger partial charge in [-0.2, -0.15) is 0 Å². The van der Waals surface area contributed by atoms with Gasteiger partial charge in [0.05, 0.1) is 12.3 Å². The van der Waals surface area contributed by atoms with Gasteiger partial charge in [-0.3, -0.25) is 9.69 Å². The number of sulfonamides is 1. The van der Waals surface area contributed by atoms with Gasteiger partial charge in [0.1, 0.15) is 13.2 Å². The van der Waals surface area contributed by atoms with E-state index in [9.17, 15) is 18.0 Å². The summed E-state index contributed by atoms with van der Waals surface area (Å²) in [5.41, 5.74) is 0.739. The van der Waals surface area contributed by atoms with Gasteiger partial charge in [0.25, 0.3) is 0 Å². The Kier molecular flexibility index (Phi) is 6.33. The minimum atomic E-state index is -3.42. The minimum Gasteiger partial charge on any atom is -0.448 e. The Morgan fingerprint density at radius 3 is 2.70 bits per heavy atom. The van der Waals surface area contributed by atoms with E-state index in [0.717, 1.165) is 18.4 Å². The van der Waals surface area contributed by atoms with Crippen molar-refractivity contribution in [3.8, 4) is 0 Å². The molecule has 1 aromatic carbocycles. The van der Waals surface area contributed by atoms with Crippen LogP contribution in [0.15, 0.2) is 30.3 Å². The zero-order valence-corrected chi connectivity index (χ0v) is 16.0. The average molecular weight is 395 g/mol. The number of amides is 2. The molecule has 0 unspecified atom stereocenters. The number of carbonyl (C=O) groups excluding carboxylic acids is 2. The summed E-state index contributed by atoms with van der Waals surface area (Å²) in [6, 6.07) is 9.03. The van der Waals surface area contributed by atoms with Crippen LogP contribution in [0.3, 0.4) is 0 Å². The number of nitrogens with zero attached hydrogens (tertiary/aromatic N) is 2. The van der Waals surface area contributed by atoms with Crippen LogP contribution in [0.1, 0.15) is 18.4 Å². The predicted molar refractivity (Wildman–Crippen MR) is 99.3 cm³/mol. The van der Waals surface area contributed by atoms with Gasteiger partial charge in [-0.1, -0.05) is 30.3 Å². The topological polar surface area (TPSA) is 96.0 Å². The van der Waals surface area contributed by atoms with E-state index in [0.29, 0.717) is 32.8 Å². The van der Waals surface area contributed by atoms with Gasteiger partial charge in [-0.15, -0.1) is 0 Å². The van der Waals surface area contributed by atoms with Crippen LogP contribution in [0.4, 0.5) is 4.79 Å². The Balaban J connectivity index is 1.47. The summed E-state index contributed by atoms with van der Waals surface area (Å²) >= 11 is 0. The highest BCUT2D eigenvalue weighted by atomic mass is 32.2. The fraction of sp³-hybridized carbons (Fsp3) is 0.556. The lowest BCUT2D eigenvalue weighted by molar-refractivity contribution is -0.133. The van der Waals surface area contributed by atoms with Crippen LogP contribution in [-0.4, -0.2) is 69.5 Å². The molecule has 0 aromatic heterocycles. The molecule has 0 radical (unpaired) electrons. The van der Waals surface area contributed by atoms with Crippen molar-refractivity contribution in [2.24, 2.45) is 5.92 Å². The summed E-state index contributed by atoms with van der Waals surface area (Å²) < 4.78 is 32.1. The zero-order chi connectivity index (χ0) is 19.3. The fourth-order valence-corrected chi connectivity index (χ4v) is 4.60. The average Bonchev–Trinajstić information content (AvgIpc) is 3.05. The molecule has 9 heteroatoms. The van der Waals surface area contributed by atoms with Crippen molar-refractivity contribution in [2.45, 2.75) is 18.6 Å². The number of hydrogen-bond donors (Lipinski definition) is 1. The number of rotatable bonds is 7. The number of nitrogens with one attached hydrogen (secondary N) is 1. The van der Waals surface area contributed by atoms with Gasteiger partial charge in [-0.25, -0.2) is 17.9 Å². The molecule has 1 aromatic rings. The number of likely N-dealkylation sites (tertiary alicyclic amines) is 1. The number of carbonyl (C=O) groups is 2. The van der Waals surface area contributed by atoms with Gasteiger partial charge in [0.2, 0.25) is 15.9 Å². The van der Waals surface area contributed by atoms with Crippen LogP contribution in [0, 0.1) is 5.92 Å². The predicted octanol–water partition coefficient (Wildman–Crippen LogP) is 0.797. The second kappa shape index (κ2) is 8.71. The Morgan fingerprint density at radius 1 is 1.22 bits per heavy atom. The number of piperidine rings is 1. The van der Waals surface area contributed by atoms with Crippen LogP contribution in [0.25, 0.3) is 0 Å². The zero-order valence-electron chi connectivity index (χ0n) is 15.2. The third kappa shape index (κ3) is 5.67. The molecule has 0 spiro atoms. The lowest BCUT2D eigenvalue weighted by Crippen LogP contribution is -2.47. The number of benzene rings is 1. The minimum absolute atomic E-state index is 0.0191. The van der Waals surface area contributed by atoms with Crippen molar-refractivity contribution in [3.63, 3.8) is 0 Å². The maximum atomic E-state index is 12.4. The SMILES string of the molecule is O=C(CN1CCOC1=O)N1CCC[C@H](CNS(=O)(=O)Cc2ccccc2)C1. The van der Waals surface area contributed by atoms with E-state index in [1.165, 1.54) is 4.90 Å². The molecule has 2 amide bonds. The van der Waals surface area contributed by atoms with Gasteiger partial charge >= 0.3 is 6.09 Å². The molecule has 8 nitrogen and oxygen atoms in total. The summed E-state index contributed by atoms with van der Waals surface area (Å²) in [5.74, 6) is -0.107. The third-order valence-electron chi connectivity index (χ3n) is 4.83. The number of hydrogen-bond acceptors (Lipinski definition) is 5. The second-order valence-electron chi connectivity index (χ2n) is 6.98. The summed E-state index contributed by atoms with van der Waals surface area (Å²) in [6.45, 7) is 2.21. The highest BCUT2D eigenvalue weighted by Gasteiger charge is 2.29. The molecule has 27 heavy (non-hydrogen) atoms. The first-order valence-electron chi connectivity index (χ1n) is 9.14. The van der Waals surface area contributed by atoms with E-state index < -0.39 is 16.1 Å². The lowest BCUT2D eigenvalue weighted by Gasteiger charge is -2.33. The van der Waals surface area contributed by atoms with Crippen LogP contribution in [-0.2, 0) is 25.3 Å². The van der Waals surface area contributed by atoms with Crippen LogP contribution in [0.2, 0.25) is 0 Å². The summed E-state index contributed by atoms with van der Waals surface area (Å²) in [7, 11) is -3.42. The van der Waals surface area contributed by atoms with Crippen molar-refractivity contribution >= 4 is 22.0 Å². The maximum absolute atomic E-state index is 12.4. The van der Waals surface area contributed by atoms with Crippen LogP contribution >= 0.6 is 0 Å². The lowest BCUT2D eigenvalue weighted by atomic mass is 9.98. The van der Waals surface area contributed by atoms with Crippen molar-refractivity contribution in [1.82, 2.24) is 14.5 Å². The van der Waals surface area contributed by atoms with Crippen molar-refractivity contribution in [2.75, 3.05) is 39.3 Å². The van der Waals surface area contributed by atoms with Gasteiger partial charge in [-0.05, 0) is 24.3 Å². The van der Waals surface area contributed by atoms with E-state index >= 15 is 0 Å². The fourth-order valence-electron chi connectivity index (χ4n) is 3.38. The Morgan fingerprint density at radius 2 is 2.00 bits per heavy atom. The quantitative estimate of drug-likeness (QED) is 0.737. The van der Waals surface area contributed by atoms with Crippen molar-refractivity contribution in [1.29, 1.82) is 0 Å². The largest absolute Gasteiger partial charge is 0.448 e. The summed E-state index contributed by atoms with van der Waals surface area (Å²) in [4.78, 5) is 27.0. The molecule has 3 rings (SSSR count). The van der Waals surface area contributed by atoms with Crippen LogP contribution in [0.5, 0.6) is 0 Å². The molecule has 2 aliphatic heterocycles. The molecule has 1 atom stereocenters. The van der Waals surface area contributed by atoms with Crippen molar-refractivity contribution in [3.05, 3.63) is 35.9 Å². The third-order valence-corrected chi connectivity index (χ3v) is 6.15. The molecule has 0 saturated carbocycles. The first-order valence-corrected chi connectivity index (χ1v) is 10.8. The van der Waals surface area contributed by atoms with E-state index in [-0.39, 0.29) is 24.1 Å². The van der Waals surface area contributed by atoms with Gasteiger partial charge in [0, 0.05) is 19.6 Å². The van der Waals surface area contributed by atoms with Crippen LogP contribution < -0.4 is 4.72 Å². The summed E-state index contributed by atoms with van der Waals surface area (Å²) in [5, 5.41) is 0. The Bertz CT molecular complexity index is 768. The number of cyclic esters (lactones) is 1. The molecule has 0 bridgehead atoms. The first-order chi connectivity index (χ1) is 12.9. The van der Waals surface area contributed by atoms with E-state index in [1.54, 1.807) is 17.0 Å². The molecule has 1 N–H and O–H groups in total. The van der Waals surface area contributed by atoms with E-state index in [4.69, 9.17) is 4.74 Å². The van der Waals surface area contributed by atoms with Crippen molar-refractivity contribution < 1.29 is 22.7 Å². The Hall–Kier alpha value is -2.13. The standard InChI is InChI=1S/C18H25N3O5S/c22-17(13-21-9-10-26-18(21)23)20-8-4-7-16(12-20)11-19-27(24,25)14-15-5-2-1-3-6-15/h1-3,5-6,16,19H,4,7-14H2/t16-/m1/s1. The summed E-state index contributed by atoms with van der Waals surface area (Å²) in [6.07, 6.45) is 1.23. The Labute approximate surface area is 159 Å². The maximum Gasteiger partial charge on any atom is 0.410 e. The second-order valence-corrected chi connectivity index (χ2v) is 8.78. The van der Waals surface area contributed by atoms with E-state index in [2.05, 4.69) is 4.72 Å². The molecule has 2 saturated heterocycles. The molecule has 2 heterocycles. The molecular weight excluding hydrogens is 370 g/mol. The monoisotopic (exact) mass is 395 g/mol. The first kappa shape index (κ1) is 19.6. The molecule has 0 aliphatic carbocycles. The van der Waals surface area contributed by atoms with E-state index in [1.807, 2.05) is 18.2 Å². The van der Waals surface area contributed by atoms with Gasteiger partial charge in [0.15, 0.2) is 0 Å².